The van der Waals surface area contributed by atoms with Gasteiger partial charge in [0.05, 0.1) is 11.2 Å². The van der Waals surface area contributed by atoms with E-state index in [1.54, 1.807) is 48.5 Å². The first kappa shape index (κ1) is 21.1. The smallest absolute Gasteiger partial charge is 0.286 e. The number of hydrogen-bond acceptors (Lipinski definition) is 7. The summed E-state index contributed by atoms with van der Waals surface area (Å²) in [4.78, 5) is 13.7. The molecule has 162 valence electrons. The van der Waals surface area contributed by atoms with Crippen LogP contribution in [0.2, 0.25) is 0 Å². The Balaban J connectivity index is 2.00. The van der Waals surface area contributed by atoms with Gasteiger partial charge in [0.1, 0.15) is 16.2 Å². The number of nitrogens with zero attached hydrogens (tertiary/aromatic N) is 3. The van der Waals surface area contributed by atoms with Gasteiger partial charge >= 0.3 is 0 Å². The van der Waals surface area contributed by atoms with E-state index in [9.17, 15) is 19.0 Å². The number of nitrogens with one attached hydrogen (secondary N) is 1. The van der Waals surface area contributed by atoms with Crippen LogP contribution in [0.15, 0.2) is 67.7 Å². The maximum atomic E-state index is 13.5. The van der Waals surface area contributed by atoms with Crippen molar-refractivity contribution in [3.63, 3.8) is 0 Å². The van der Waals surface area contributed by atoms with Crippen LogP contribution in [0.1, 0.15) is 38.7 Å². The predicted octanol–water partition coefficient (Wildman–Crippen LogP) is 5.02. The summed E-state index contributed by atoms with van der Waals surface area (Å²) in [5.74, 6) is -0.397. The Morgan fingerprint density at radius 1 is 1.13 bits per heavy atom. The molecule has 0 saturated heterocycles. The van der Waals surface area contributed by atoms with Gasteiger partial charge in [-0.05, 0) is 37.1 Å². The molecule has 31 heavy (non-hydrogen) atoms. The molecule has 0 aliphatic carbocycles. The molecule has 9 heteroatoms. The van der Waals surface area contributed by atoms with Crippen molar-refractivity contribution in [1.82, 2.24) is 4.68 Å². The van der Waals surface area contributed by atoms with Crippen molar-refractivity contribution < 1.29 is 14.2 Å². The molecule has 1 aliphatic rings. The quantitative estimate of drug-likeness (QED) is 0.415. The highest BCUT2D eigenvalue weighted by Gasteiger charge is 2.30. The van der Waals surface area contributed by atoms with E-state index in [4.69, 9.17) is 0 Å². The first-order chi connectivity index (χ1) is 14.9. The van der Waals surface area contributed by atoms with Crippen LogP contribution in [0.3, 0.4) is 0 Å². The highest BCUT2D eigenvalue weighted by molar-refractivity contribution is 8.23. The van der Waals surface area contributed by atoms with Crippen molar-refractivity contribution in [2.75, 3.05) is 5.32 Å². The number of rotatable bonds is 5. The van der Waals surface area contributed by atoms with Crippen LogP contribution in [0.4, 0.5) is 5.69 Å². The maximum Gasteiger partial charge on any atom is 0.286 e. The number of pyridine rings is 1. The Morgan fingerprint density at radius 2 is 1.84 bits per heavy atom. The molecular weight excluding hydrogens is 416 g/mol. The summed E-state index contributed by atoms with van der Waals surface area (Å²) in [5, 5.41) is 18.9. The fraction of sp³-hybridized carbons (Fsp3) is 0.227. The molecular formula is C22H24N4O4S. The molecule has 0 fully saturated rings. The number of hydrogen-bond donors (Lipinski definition) is 4. The molecule has 0 saturated carbocycles. The Hall–Kier alpha value is -3.14. The monoisotopic (exact) mass is 440 g/mol. The number of fused-ring (bicyclic) bond motifs is 2. The Morgan fingerprint density at radius 3 is 2.58 bits per heavy atom. The minimum Gasteiger partial charge on any atom is -0.506 e. The summed E-state index contributed by atoms with van der Waals surface area (Å²) < 4.78 is 26.4. The van der Waals surface area contributed by atoms with Crippen molar-refractivity contribution in [3.05, 3.63) is 64.4 Å². The zero-order chi connectivity index (χ0) is 22.2. The van der Waals surface area contributed by atoms with Crippen LogP contribution in [0.5, 0.6) is 5.75 Å². The van der Waals surface area contributed by atoms with E-state index in [1.165, 1.54) is 4.68 Å². The average molecular weight is 441 g/mol. The average Bonchev–Trinajstić information content (AvgIpc) is 2.75. The lowest BCUT2D eigenvalue weighted by Crippen LogP contribution is -2.31. The summed E-state index contributed by atoms with van der Waals surface area (Å²) in [6.07, 6.45) is 2.30. The molecule has 0 atom stereocenters. The Labute approximate surface area is 181 Å². The van der Waals surface area contributed by atoms with E-state index < -0.39 is 16.3 Å². The number of anilines is 1. The van der Waals surface area contributed by atoms with Gasteiger partial charge in [-0.15, -0.1) is 4.40 Å². The zero-order valence-electron chi connectivity index (χ0n) is 17.2. The van der Waals surface area contributed by atoms with Gasteiger partial charge in [-0.3, -0.25) is 13.9 Å². The van der Waals surface area contributed by atoms with Crippen LogP contribution in [-0.4, -0.2) is 30.4 Å². The molecule has 2 aromatic carbocycles. The van der Waals surface area contributed by atoms with Crippen LogP contribution in [-0.2, 0) is 0 Å². The second-order valence-electron chi connectivity index (χ2n) is 7.21. The lowest BCUT2D eigenvalue weighted by molar-refractivity contribution is 0.478. The molecule has 0 spiro atoms. The van der Waals surface area contributed by atoms with Gasteiger partial charge in [0.25, 0.3) is 5.56 Å². The second-order valence-corrected chi connectivity index (χ2v) is 8.87. The SMILES string of the molecule is CCCC(CC)=Nn1c(=O)c(C2=NS(O)(O)c3ccccc3N2)c(O)c2ccccc21. The largest absolute Gasteiger partial charge is 0.506 e. The third-order valence-electron chi connectivity index (χ3n) is 5.11. The molecule has 8 nitrogen and oxygen atoms in total. The molecule has 3 aromatic rings. The molecule has 1 aromatic heterocycles. The number of amidine groups is 1. The molecule has 0 unspecified atom stereocenters. The highest BCUT2D eigenvalue weighted by Crippen LogP contribution is 2.55. The van der Waals surface area contributed by atoms with Crippen LogP contribution in [0, 0.1) is 0 Å². The molecule has 0 amide bonds. The van der Waals surface area contributed by atoms with E-state index in [0.717, 1.165) is 18.6 Å². The van der Waals surface area contributed by atoms with E-state index >= 15 is 0 Å². The summed E-state index contributed by atoms with van der Waals surface area (Å²) in [5.41, 5.74) is 0.955. The molecule has 4 N–H and O–H groups in total. The van der Waals surface area contributed by atoms with Gasteiger partial charge in [0, 0.05) is 11.1 Å². The van der Waals surface area contributed by atoms with E-state index in [2.05, 4.69) is 14.8 Å². The number of aromatic hydroxyl groups is 1. The molecule has 0 radical (unpaired) electrons. The Bertz CT molecular complexity index is 1280. The fourth-order valence-corrected chi connectivity index (χ4v) is 4.76. The van der Waals surface area contributed by atoms with Crippen molar-refractivity contribution in [3.8, 4) is 5.75 Å². The number of aromatic nitrogens is 1. The normalized spacial score (nSPS) is 16.4. The minimum atomic E-state index is -3.54. The number of benzene rings is 2. The zero-order valence-corrected chi connectivity index (χ0v) is 18.1. The molecule has 1 aliphatic heterocycles. The standard InChI is InChI=1S/C22H24N4O4S/c1-3-9-14(4-2)24-26-17-12-7-5-10-15(17)20(27)19(22(26)28)21-23-16-11-6-8-13-18(16)31(29,30)25-21/h5-8,10-13,27,29-30H,3-4,9H2,1-2H3,(H,23,25). The summed E-state index contributed by atoms with van der Waals surface area (Å²) >= 11 is 0. The van der Waals surface area contributed by atoms with Crippen molar-refractivity contribution in [2.45, 2.75) is 38.0 Å². The van der Waals surface area contributed by atoms with Crippen LogP contribution >= 0.6 is 10.8 Å². The maximum absolute atomic E-state index is 13.5. The lowest BCUT2D eigenvalue weighted by Gasteiger charge is -2.34. The third-order valence-corrected chi connectivity index (χ3v) is 6.49. The van der Waals surface area contributed by atoms with E-state index in [-0.39, 0.29) is 22.0 Å². The van der Waals surface area contributed by atoms with Gasteiger partial charge in [0.15, 0.2) is 5.84 Å². The number of para-hydroxylation sites is 2. The van der Waals surface area contributed by atoms with Gasteiger partial charge < -0.3 is 10.4 Å². The van der Waals surface area contributed by atoms with Gasteiger partial charge in [0.2, 0.25) is 0 Å². The third kappa shape index (κ3) is 3.71. The van der Waals surface area contributed by atoms with E-state index in [1.807, 2.05) is 13.8 Å². The van der Waals surface area contributed by atoms with Gasteiger partial charge in [-0.2, -0.15) is 9.78 Å². The first-order valence-corrected chi connectivity index (χ1v) is 11.6. The fourth-order valence-electron chi connectivity index (χ4n) is 3.59. The van der Waals surface area contributed by atoms with Gasteiger partial charge in [-0.25, -0.2) is 0 Å². The Kier molecular flexibility index (Phi) is 5.57. The van der Waals surface area contributed by atoms with Crippen molar-refractivity contribution in [2.24, 2.45) is 9.50 Å². The lowest BCUT2D eigenvalue weighted by atomic mass is 10.1. The van der Waals surface area contributed by atoms with E-state index in [0.29, 0.717) is 23.0 Å². The predicted molar refractivity (Wildman–Crippen MR) is 126 cm³/mol. The topological polar surface area (TPSA) is 119 Å². The molecule has 4 rings (SSSR count). The summed E-state index contributed by atoms with van der Waals surface area (Å²) in [7, 11) is -3.54. The van der Waals surface area contributed by atoms with Gasteiger partial charge in [-0.1, -0.05) is 55.3 Å². The molecule has 0 bridgehead atoms. The summed E-state index contributed by atoms with van der Waals surface area (Å²) in [6, 6.07) is 13.5. The minimum absolute atomic E-state index is 0.107. The van der Waals surface area contributed by atoms with Crippen LogP contribution in [0.25, 0.3) is 10.9 Å². The first-order valence-electron chi connectivity index (χ1n) is 10.1. The van der Waals surface area contributed by atoms with Crippen molar-refractivity contribution >= 4 is 38.9 Å². The second kappa shape index (κ2) is 8.18. The molecule has 2 heterocycles. The van der Waals surface area contributed by atoms with Crippen LogP contribution < -0.4 is 10.9 Å². The summed E-state index contributed by atoms with van der Waals surface area (Å²) in [6.45, 7) is 4.01. The van der Waals surface area contributed by atoms with Crippen molar-refractivity contribution in [1.29, 1.82) is 0 Å². The highest BCUT2D eigenvalue weighted by atomic mass is 32.3.